The van der Waals surface area contributed by atoms with Crippen LogP contribution < -0.4 is 4.74 Å². The largest absolute Gasteiger partial charge is 0.492 e. The van der Waals surface area contributed by atoms with Crippen LogP contribution in [0.1, 0.15) is 10.4 Å². The summed E-state index contributed by atoms with van der Waals surface area (Å²) in [6.45, 7) is 0.592. The number of hydrogen-bond acceptors (Lipinski definition) is 3. The first-order valence-electron chi connectivity index (χ1n) is 4.15. The molecule has 0 atom stereocenters. The van der Waals surface area contributed by atoms with Gasteiger partial charge in [-0.3, -0.25) is 0 Å². The quantitative estimate of drug-likeness (QED) is 0.486. The normalized spacial score (nSPS) is 9.57. The number of ether oxygens (including phenoxy) is 2. The Morgan fingerprint density at radius 1 is 1.43 bits per heavy atom. The Balaban J connectivity index is 2.85. The maximum atomic E-state index is 11.3. The number of carbonyl (C=O) groups excluding carboxylic acids is 1. The number of alkyl halides is 1. The summed E-state index contributed by atoms with van der Waals surface area (Å²) in [6, 6.07) is 7.06. The van der Waals surface area contributed by atoms with E-state index in [1.165, 1.54) is 7.11 Å². The Labute approximate surface area is 96.5 Å². The molecule has 0 aliphatic rings. The zero-order valence-electron chi connectivity index (χ0n) is 7.83. The van der Waals surface area contributed by atoms with Crippen LogP contribution >= 0.6 is 22.6 Å². The van der Waals surface area contributed by atoms with Crippen LogP contribution in [0.25, 0.3) is 0 Å². The van der Waals surface area contributed by atoms with Crippen LogP contribution in [-0.4, -0.2) is 24.1 Å². The van der Waals surface area contributed by atoms with E-state index < -0.39 is 0 Å². The molecule has 1 rings (SSSR count). The van der Waals surface area contributed by atoms with Crippen LogP contribution in [0.15, 0.2) is 24.3 Å². The van der Waals surface area contributed by atoms with E-state index in [4.69, 9.17) is 4.74 Å². The van der Waals surface area contributed by atoms with E-state index in [1.807, 2.05) is 6.07 Å². The molecule has 0 spiro atoms. The van der Waals surface area contributed by atoms with Gasteiger partial charge in [0, 0.05) is 4.43 Å². The fourth-order valence-corrected chi connectivity index (χ4v) is 1.24. The van der Waals surface area contributed by atoms with E-state index in [0.717, 1.165) is 4.43 Å². The fraction of sp³-hybridized carbons (Fsp3) is 0.300. The molecule has 0 saturated carbocycles. The van der Waals surface area contributed by atoms with Crippen molar-refractivity contribution in [1.82, 2.24) is 0 Å². The summed E-state index contributed by atoms with van der Waals surface area (Å²) < 4.78 is 10.9. The Morgan fingerprint density at radius 3 is 2.79 bits per heavy atom. The van der Waals surface area contributed by atoms with Crippen molar-refractivity contribution < 1.29 is 14.3 Å². The lowest BCUT2D eigenvalue weighted by Crippen LogP contribution is -2.06. The number of hydrogen-bond donors (Lipinski definition) is 0. The molecular formula is C10H11IO3. The minimum atomic E-state index is -0.367. The summed E-state index contributed by atoms with van der Waals surface area (Å²) in [6.07, 6.45) is 0. The predicted octanol–water partition coefficient (Wildman–Crippen LogP) is 2.29. The number of esters is 1. The second kappa shape index (κ2) is 5.85. The van der Waals surface area contributed by atoms with E-state index in [0.29, 0.717) is 17.9 Å². The third-order valence-electron chi connectivity index (χ3n) is 1.63. The number of rotatable bonds is 4. The second-order valence-corrected chi connectivity index (χ2v) is 3.60. The average Bonchev–Trinajstić information content (AvgIpc) is 2.25. The van der Waals surface area contributed by atoms with Crippen LogP contribution in [0, 0.1) is 0 Å². The lowest BCUT2D eigenvalue weighted by atomic mass is 10.2. The molecule has 3 nitrogen and oxygen atoms in total. The van der Waals surface area contributed by atoms with Crippen LogP contribution in [0.5, 0.6) is 5.75 Å². The lowest BCUT2D eigenvalue weighted by Gasteiger charge is -2.08. The Kier molecular flexibility index (Phi) is 4.72. The molecule has 0 saturated heterocycles. The molecule has 0 amide bonds. The van der Waals surface area contributed by atoms with Gasteiger partial charge in [-0.05, 0) is 12.1 Å². The lowest BCUT2D eigenvalue weighted by molar-refractivity contribution is 0.0596. The van der Waals surface area contributed by atoms with Gasteiger partial charge < -0.3 is 9.47 Å². The van der Waals surface area contributed by atoms with Crippen LogP contribution in [-0.2, 0) is 4.74 Å². The summed E-state index contributed by atoms with van der Waals surface area (Å²) in [5.74, 6) is 0.213. The van der Waals surface area contributed by atoms with Crippen molar-refractivity contribution in [3.05, 3.63) is 29.8 Å². The third-order valence-corrected chi connectivity index (χ3v) is 2.07. The molecule has 0 radical (unpaired) electrons. The van der Waals surface area contributed by atoms with Crippen molar-refractivity contribution in [2.45, 2.75) is 0 Å². The van der Waals surface area contributed by atoms with Gasteiger partial charge in [-0.2, -0.15) is 0 Å². The standard InChI is InChI=1S/C10H11IO3/c1-13-10(12)8-4-2-3-5-9(8)14-7-6-11/h2-5H,6-7H2,1H3. The van der Waals surface area contributed by atoms with Gasteiger partial charge in [-0.25, -0.2) is 4.79 Å². The van der Waals surface area contributed by atoms with Crippen molar-refractivity contribution >= 4 is 28.6 Å². The first-order valence-corrected chi connectivity index (χ1v) is 5.68. The molecule has 0 aromatic heterocycles. The summed E-state index contributed by atoms with van der Waals surface area (Å²) in [5.41, 5.74) is 0.472. The molecule has 1 aromatic carbocycles. The molecule has 0 aliphatic heterocycles. The minimum Gasteiger partial charge on any atom is -0.492 e. The molecule has 1 aromatic rings. The van der Waals surface area contributed by atoms with E-state index in [1.54, 1.807) is 18.2 Å². The predicted molar refractivity (Wildman–Crippen MR) is 62.2 cm³/mol. The van der Waals surface area contributed by atoms with Crippen molar-refractivity contribution in [3.63, 3.8) is 0 Å². The van der Waals surface area contributed by atoms with Crippen LogP contribution in [0.3, 0.4) is 0 Å². The fourth-order valence-electron chi connectivity index (χ4n) is 1.02. The van der Waals surface area contributed by atoms with Gasteiger partial charge in [0.15, 0.2) is 0 Å². The Bertz CT molecular complexity index is 312. The SMILES string of the molecule is COC(=O)c1ccccc1OCCI. The van der Waals surface area contributed by atoms with Crippen molar-refractivity contribution in [2.24, 2.45) is 0 Å². The van der Waals surface area contributed by atoms with Crippen LogP contribution in [0.4, 0.5) is 0 Å². The number of methoxy groups -OCH3 is 1. The van der Waals surface area contributed by atoms with Crippen LogP contribution in [0.2, 0.25) is 0 Å². The zero-order valence-corrected chi connectivity index (χ0v) is 9.98. The second-order valence-electron chi connectivity index (χ2n) is 2.53. The van der Waals surface area contributed by atoms with Crippen molar-refractivity contribution in [1.29, 1.82) is 0 Å². The summed E-state index contributed by atoms with van der Waals surface area (Å²) in [7, 11) is 1.36. The molecule has 4 heteroatoms. The Hall–Kier alpha value is -0.780. The highest BCUT2D eigenvalue weighted by Crippen LogP contribution is 2.18. The average molecular weight is 306 g/mol. The van der Waals surface area contributed by atoms with E-state index in [2.05, 4.69) is 27.3 Å². The van der Waals surface area contributed by atoms with Gasteiger partial charge in [-0.1, -0.05) is 34.7 Å². The molecule has 0 unspecified atom stereocenters. The van der Waals surface area contributed by atoms with Gasteiger partial charge in [0.1, 0.15) is 11.3 Å². The van der Waals surface area contributed by atoms with Gasteiger partial charge >= 0.3 is 5.97 Å². The molecule has 0 aliphatic carbocycles. The highest BCUT2D eigenvalue weighted by molar-refractivity contribution is 14.1. The highest BCUT2D eigenvalue weighted by atomic mass is 127. The van der Waals surface area contributed by atoms with Gasteiger partial charge in [0.25, 0.3) is 0 Å². The molecule has 0 bridgehead atoms. The van der Waals surface area contributed by atoms with E-state index >= 15 is 0 Å². The molecule has 76 valence electrons. The molecule has 0 heterocycles. The first kappa shape index (κ1) is 11.3. The minimum absolute atomic E-state index is 0.367. The van der Waals surface area contributed by atoms with Crippen molar-refractivity contribution in [2.75, 3.05) is 18.1 Å². The van der Waals surface area contributed by atoms with E-state index in [-0.39, 0.29) is 5.97 Å². The smallest absolute Gasteiger partial charge is 0.341 e. The number of para-hydroxylation sites is 1. The van der Waals surface area contributed by atoms with Gasteiger partial charge in [0.05, 0.1) is 13.7 Å². The molecule has 0 fully saturated rings. The number of benzene rings is 1. The monoisotopic (exact) mass is 306 g/mol. The highest BCUT2D eigenvalue weighted by Gasteiger charge is 2.11. The number of carbonyl (C=O) groups is 1. The van der Waals surface area contributed by atoms with Gasteiger partial charge in [-0.15, -0.1) is 0 Å². The maximum absolute atomic E-state index is 11.3. The summed E-state index contributed by atoms with van der Waals surface area (Å²) in [5, 5.41) is 0. The summed E-state index contributed by atoms with van der Waals surface area (Å²) in [4.78, 5) is 11.3. The molecule has 14 heavy (non-hydrogen) atoms. The summed E-state index contributed by atoms with van der Waals surface area (Å²) >= 11 is 2.21. The molecular weight excluding hydrogens is 295 g/mol. The number of halogens is 1. The topological polar surface area (TPSA) is 35.5 Å². The van der Waals surface area contributed by atoms with Gasteiger partial charge in [0.2, 0.25) is 0 Å². The van der Waals surface area contributed by atoms with E-state index in [9.17, 15) is 4.79 Å². The zero-order chi connectivity index (χ0) is 10.4. The van der Waals surface area contributed by atoms with Crippen molar-refractivity contribution in [3.8, 4) is 5.75 Å². The first-order chi connectivity index (χ1) is 6.79. The Morgan fingerprint density at radius 2 is 2.14 bits per heavy atom. The third kappa shape index (κ3) is 2.87. The molecule has 0 N–H and O–H groups in total. The maximum Gasteiger partial charge on any atom is 0.341 e.